The summed E-state index contributed by atoms with van der Waals surface area (Å²) in [5, 5.41) is 3.49. The summed E-state index contributed by atoms with van der Waals surface area (Å²) in [4.78, 5) is 2.65. The highest BCUT2D eigenvalue weighted by Crippen LogP contribution is 2.25. The van der Waals surface area contributed by atoms with Crippen LogP contribution in [0.2, 0.25) is 0 Å². The van der Waals surface area contributed by atoms with Crippen LogP contribution in [0, 0.1) is 5.92 Å². The Balaban J connectivity index is 1.98. The fraction of sp³-hybridized carbons (Fsp3) is 0.625. The smallest absolute Gasteiger partial charge is 0.0355 e. The van der Waals surface area contributed by atoms with Gasteiger partial charge < -0.3 is 5.32 Å². The third-order valence-corrected chi connectivity index (χ3v) is 5.26. The van der Waals surface area contributed by atoms with Gasteiger partial charge in [-0.15, -0.1) is 0 Å². The summed E-state index contributed by atoms with van der Waals surface area (Å²) in [5.74, 6) is 3.19. The van der Waals surface area contributed by atoms with Crippen molar-refractivity contribution in [1.29, 1.82) is 0 Å². The Morgan fingerprint density at radius 3 is 2.74 bits per heavy atom. The molecule has 0 radical (unpaired) electrons. The molecule has 106 valence electrons. The molecule has 2 nitrogen and oxygen atoms in total. The van der Waals surface area contributed by atoms with Crippen LogP contribution in [0.25, 0.3) is 0 Å². The molecule has 0 aliphatic carbocycles. The normalized spacial score (nSPS) is 24.1. The zero-order valence-corrected chi connectivity index (χ0v) is 13.1. The van der Waals surface area contributed by atoms with Crippen molar-refractivity contribution in [3.05, 3.63) is 35.9 Å². The van der Waals surface area contributed by atoms with Gasteiger partial charge in [0.2, 0.25) is 0 Å². The van der Waals surface area contributed by atoms with E-state index in [4.69, 9.17) is 0 Å². The van der Waals surface area contributed by atoms with Crippen LogP contribution < -0.4 is 5.32 Å². The zero-order chi connectivity index (χ0) is 13.7. The van der Waals surface area contributed by atoms with Gasteiger partial charge in [-0.25, -0.2) is 0 Å². The topological polar surface area (TPSA) is 15.3 Å². The summed E-state index contributed by atoms with van der Waals surface area (Å²) in [5.41, 5.74) is 1.40. The Morgan fingerprint density at radius 2 is 2.11 bits per heavy atom. The van der Waals surface area contributed by atoms with Crippen LogP contribution in [0.5, 0.6) is 0 Å². The highest BCUT2D eigenvalue weighted by Gasteiger charge is 2.24. The molecule has 1 aliphatic rings. The molecule has 0 spiro atoms. The lowest BCUT2D eigenvalue weighted by molar-refractivity contribution is 0.183. The van der Waals surface area contributed by atoms with Gasteiger partial charge in [-0.05, 0) is 25.5 Å². The molecule has 0 aromatic heterocycles. The number of hydrogen-bond donors (Lipinski definition) is 1. The third-order valence-electron chi connectivity index (χ3n) is 4.07. The van der Waals surface area contributed by atoms with Gasteiger partial charge in [0.15, 0.2) is 0 Å². The average Bonchev–Trinajstić information content (AvgIpc) is 2.43. The van der Waals surface area contributed by atoms with Crippen molar-refractivity contribution in [2.24, 2.45) is 5.92 Å². The molecule has 0 bridgehead atoms. The molecule has 2 rings (SSSR count). The number of rotatable bonds is 5. The van der Waals surface area contributed by atoms with Gasteiger partial charge in [-0.1, -0.05) is 37.3 Å². The predicted octanol–water partition coefficient (Wildman–Crippen LogP) is 3.02. The fourth-order valence-electron chi connectivity index (χ4n) is 2.95. The van der Waals surface area contributed by atoms with Crippen molar-refractivity contribution in [2.45, 2.75) is 25.9 Å². The van der Waals surface area contributed by atoms with E-state index in [9.17, 15) is 0 Å². The quantitative estimate of drug-likeness (QED) is 0.891. The predicted molar refractivity (Wildman–Crippen MR) is 85.8 cm³/mol. The lowest BCUT2D eigenvalue weighted by Gasteiger charge is -2.37. The molecule has 19 heavy (non-hydrogen) atoms. The average molecular weight is 278 g/mol. The molecule has 3 atom stereocenters. The van der Waals surface area contributed by atoms with Crippen LogP contribution in [0.3, 0.4) is 0 Å². The summed E-state index contributed by atoms with van der Waals surface area (Å²) in [6.45, 7) is 7.14. The second-order valence-electron chi connectivity index (χ2n) is 5.57. The molecule has 3 unspecified atom stereocenters. The van der Waals surface area contributed by atoms with Gasteiger partial charge in [-0.3, -0.25) is 4.90 Å². The first kappa shape index (κ1) is 14.9. The summed E-state index contributed by atoms with van der Waals surface area (Å²) in [7, 11) is 2.07. The lowest BCUT2D eigenvalue weighted by Crippen LogP contribution is -2.44. The van der Waals surface area contributed by atoms with Gasteiger partial charge in [0.25, 0.3) is 0 Å². The Bertz CT molecular complexity index is 368. The van der Waals surface area contributed by atoms with Gasteiger partial charge in [0.1, 0.15) is 0 Å². The van der Waals surface area contributed by atoms with Crippen molar-refractivity contribution in [2.75, 3.05) is 31.6 Å². The summed E-state index contributed by atoms with van der Waals surface area (Å²) in [6, 6.07) is 12.0. The van der Waals surface area contributed by atoms with Crippen LogP contribution >= 0.6 is 11.8 Å². The maximum Gasteiger partial charge on any atom is 0.0355 e. The Morgan fingerprint density at radius 1 is 1.37 bits per heavy atom. The second-order valence-corrected chi connectivity index (χ2v) is 6.72. The molecular weight excluding hydrogens is 252 g/mol. The minimum atomic E-state index is 0.447. The largest absolute Gasteiger partial charge is 0.313 e. The van der Waals surface area contributed by atoms with E-state index < -0.39 is 0 Å². The van der Waals surface area contributed by atoms with Crippen molar-refractivity contribution in [3.63, 3.8) is 0 Å². The summed E-state index contributed by atoms with van der Waals surface area (Å²) < 4.78 is 0. The molecule has 1 aromatic carbocycles. The van der Waals surface area contributed by atoms with E-state index >= 15 is 0 Å². The first-order valence-corrected chi connectivity index (χ1v) is 8.42. The van der Waals surface area contributed by atoms with E-state index in [0.29, 0.717) is 12.0 Å². The first-order valence-electron chi connectivity index (χ1n) is 7.26. The Hall–Kier alpha value is -0.510. The van der Waals surface area contributed by atoms with E-state index in [-0.39, 0.29) is 0 Å². The third kappa shape index (κ3) is 3.98. The summed E-state index contributed by atoms with van der Waals surface area (Å²) >= 11 is 2.09. The highest BCUT2D eigenvalue weighted by molar-refractivity contribution is 7.99. The fourth-order valence-corrected chi connectivity index (χ4v) is 4.03. The van der Waals surface area contributed by atoms with Crippen molar-refractivity contribution in [3.8, 4) is 0 Å². The Kier molecular flexibility index (Phi) is 5.74. The van der Waals surface area contributed by atoms with E-state index in [1.807, 2.05) is 0 Å². The van der Waals surface area contributed by atoms with Crippen LogP contribution in [-0.2, 0) is 0 Å². The monoisotopic (exact) mass is 278 g/mol. The number of nitrogens with one attached hydrogen (secondary N) is 1. The second kappa shape index (κ2) is 7.32. The van der Waals surface area contributed by atoms with Gasteiger partial charge in [-0.2, -0.15) is 11.8 Å². The van der Waals surface area contributed by atoms with E-state index in [1.165, 1.54) is 30.2 Å². The Labute approximate surface area is 122 Å². The molecule has 0 amide bonds. The minimum absolute atomic E-state index is 0.447. The van der Waals surface area contributed by atoms with Crippen LogP contribution in [-0.4, -0.2) is 42.6 Å². The molecule has 1 heterocycles. The van der Waals surface area contributed by atoms with Crippen LogP contribution in [0.1, 0.15) is 25.5 Å². The van der Waals surface area contributed by atoms with Crippen LogP contribution in [0.15, 0.2) is 30.3 Å². The number of thioether (sulfide) groups is 1. The molecule has 1 aliphatic heterocycles. The molecule has 1 aromatic rings. The SMILES string of the molecule is CNC(c1ccccc1)C(C)CN1CCSCC1C. The molecule has 1 N–H and O–H groups in total. The maximum absolute atomic E-state index is 3.49. The molecular formula is C16H26N2S. The van der Waals surface area contributed by atoms with Gasteiger partial charge >= 0.3 is 0 Å². The van der Waals surface area contributed by atoms with Crippen molar-refractivity contribution >= 4 is 11.8 Å². The van der Waals surface area contributed by atoms with Crippen LogP contribution in [0.4, 0.5) is 0 Å². The molecule has 3 heteroatoms. The van der Waals surface area contributed by atoms with Gasteiger partial charge in [0, 0.05) is 36.7 Å². The van der Waals surface area contributed by atoms with E-state index in [2.05, 4.69) is 73.2 Å². The zero-order valence-electron chi connectivity index (χ0n) is 12.3. The lowest BCUT2D eigenvalue weighted by atomic mass is 9.94. The first-order chi connectivity index (χ1) is 9.22. The summed E-state index contributed by atoms with van der Waals surface area (Å²) in [6.07, 6.45) is 0. The minimum Gasteiger partial charge on any atom is -0.313 e. The number of hydrogen-bond acceptors (Lipinski definition) is 3. The van der Waals surface area contributed by atoms with Gasteiger partial charge in [0.05, 0.1) is 0 Å². The highest BCUT2D eigenvalue weighted by atomic mass is 32.2. The number of nitrogens with zero attached hydrogens (tertiary/aromatic N) is 1. The molecule has 1 fully saturated rings. The maximum atomic E-state index is 3.49. The van der Waals surface area contributed by atoms with Crippen molar-refractivity contribution in [1.82, 2.24) is 10.2 Å². The molecule has 0 saturated carbocycles. The standard InChI is InChI=1S/C16H26N2S/c1-13(11-18-9-10-19-12-14(18)2)16(17-3)15-7-5-4-6-8-15/h4-8,13-14,16-17H,9-12H2,1-3H3. The van der Waals surface area contributed by atoms with Crippen molar-refractivity contribution < 1.29 is 0 Å². The van der Waals surface area contributed by atoms with E-state index in [0.717, 1.165) is 6.04 Å². The number of benzene rings is 1. The molecule has 1 saturated heterocycles. The van der Waals surface area contributed by atoms with E-state index in [1.54, 1.807) is 0 Å².